The average Bonchev–Trinajstić information content (AvgIpc) is 2.14. The van der Waals surface area contributed by atoms with E-state index in [9.17, 15) is 14.4 Å². The minimum absolute atomic E-state index is 0.0368. The normalized spacial score (nSPS) is 9.80. The van der Waals surface area contributed by atoms with Crippen LogP contribution in [0, 0.1) is 5.92 Å². The Morgan fingerprint density at radius 1 is 1.20 bits per heavy atom. The zero-order chi connectivity index (χ0) is 11.8. The van der Waals surface area contributed by atoms with Crippen molar-refractivity contribution in [3.63, 3.8) is 0 Å². The minimum Gasteiger partial charge on any atom is -0.474 e. The Labute approximate surface area is 88.0 Å². The van der Waals surface area contributed by atoms with Gasteiger partial charge in [-0.15, -0.1) is 0 Å². The van der Waals surface area contributed by atoms with Crippen LogP contribution in [0.4, 0.5) is 0 Å². The quantitative estimate of drug-likeness (QED) is 0.532. The smallest absolute Gasteiger partial charge is 0.394 e. The Kier molecular flexibility index (Phi) is 6.08. The summed E-state index contributed by atoms with van der Waals surface area (Å²) in [7, 11) is 0. The maximum atomic E-state index is 11.1. The third-order valence-electron chi connectivity index (χ3n) is 1.54. The molecule has 0 radical (unpaired) electrons. The van der Waals surface area contributed by atoms with Gasteiger partial charge >= 0.3 is 11.9 Å². The Morgan fingerprint density at radius 3 is 2.27 bits per heavy atom. The number of carbonyl (C=O) groups excluding carboxylic acids is 2. The lowest BCUT2D eigenvalue weighted by atomic mass is 10.2. The lowest BCUT2D eigenvalue weighted by molar-refractivity contribution is -0.150. The molecule has 86 valence electrons. The first kappa shape index (κ1) is 13.4. The van der Waals surface area contributed by atoms with E-state index in [-0.39, 0.29) is 18.9 Å². The van der Waals surface area contributed by atoms with Gasteiger partial charge in [0.1, 0.15) is 0 Å². The maximum absolute atomic E-state index is 11.1. The first-order valence-corrected chi connectivity index (χ1v) is 4.71. The number of carboxylic acids is 1. The molecule has 0 unspecified atom stereocenters. The lowest BCUT2D eigenvalue weighted by Gasteiger charge is -2.07. The first-order valence-electron chi connectivity index (χ1n) is 4.71. The molecule has 0 fully saturated rings. The van der Waals surface area contributed by atoms with E-state index in [1.807, 2.05) is 13.8 Å². The van der Waals surface area contributed by atoms with Crippen LogP contribution in [0.1, 0.15) is 20.3 Å². The van der Waals surface area contributed by atoms with Gasteiger partial charge in [-0.1, -0.05) is 13.8 Å². The molecule has 0 heterocycles. The molecule has 0 saturated heterocycles. The standard InChI is InChI=1S/C9H16N2O4/c1-6(2)5-11-7(12)3-4-10-8(13)9(14)15/h6H,3-5H2,1-2H3,(H,10,13)(H,11,12)(H,14,15). The van der Waals surface area contributed by atoms with Crippen LogP contribution in [-0.4, -0.2) is 36.0 Å². The molecule has 0 aliphatic heterocycles. The zero-order valence-corrected chi connectivity index (χ0v) is 8.87. The van der Waals surface area contributed by atoms with Gasteiger partial charge in [-0.3, -0.25) is 9.59 Å². The molecule has 2 amide bonds. The van der Waals surface area contributed by atoms with Gasteiger partial charge < -0.3 is 15.7 Å². The Morgan fingerprint density at radius 2 is 1.80 bits per heavy atom. The van der Waals surface area contributed by atoms with Gasteiger partial charge in [-0.2, -0.15) is 0 Å². The van der Waals surface area contributed by atoms with Crippen LogP contribution in [-0.2, 0) is 14.4 Å². The molecule has 0 aromatic rings. The van der Waals surface area contributed by atoms with E-state index >= 15 is 0 Å². The highest BCUT2D eigenvalue weighted by molar-refractivity contribution is 6.31. The van der Waals surface area contributed by atoms with Gasteiger partial charge in [0.25, 0.3) is 0 Å². The molecule has 0 aromatic carbocycles. The molecule has 6 heteroatoms. The number of carbonyl (C=O) groups is 3. The number of aliphatic carboxylic acids is 1. The molecule has 0 spiro atoms. The van der Waals surface area contributed by atoms with Crippen molar-refractivity contribution in [3.8, 4) is 0 Å². The summed E-state index contributed by atoms with van der Waals surface area (Å²) in [4.78, 5) is 31.7. The molecule has 15 heavy (non-hydrogen) atoms. The number of hydrogen-bond acceptors (Lipinski definition) is 3. The summed E-state index contributed by atoms with van der Waals surface area (Å²) in [6.45, 7) is 4.54. The highest BCUT2D eigenvalue weighted by atomic mass is 16.4. The largest absolute Gasteiger partial charge is 0.474 e. The molecule has 0 atom stereocenters. The maximum Gasteiger partial charge on any atom is 0.394 e. The molecule has 0 aliphatic carbocycles. The van der Waals surface area contributed by atoms with Gasteiger partial charge in [-0.25, -0.2) is 4.79 Å². The summed E-state index contributed by atoms with van der Waals surface area (Å²) < 4.78 is 0. The molecular weight excluding hydrogens is 200 g/mol. The van der Waals surface area contributed by atoms with E-state index in [2.05, 4.69) is 10.6 Å². The summed E-state index contributed by atoms with van der Waals surface area (Å²) in [6.07, 6.45) is 0.0890. The molecule has 0 rings (SSSR count). The number of carboxylic acid groups (broad SMARTS) is 1. The van der Waals surface area contributed by atoms with Crippen molar-refractivity contribution in [1.82, 2.24) is 10.6 Å². The van der Waals surface area contributed by atoms with Crippen LogP contribution in [0.15, 0.2) is 0 Å². The van der Waals surface area contributed by atoms with Crippen LogP contribution in [0.25, 0.3) is 0 Å². The van der Waals surface area contributed by atoms with E-state index in [0.717, 1.165) is 0 Å². The summed E-state index contributed by atoms with van der Waals surface area (Å²) in [5.41, 5.74) is 0. The van der Waals surface area contributed by atoms with Gasteiger partial charge in [0.15, 0.2) is 0 Å². The Balaban J connectivity index is 3.55. The number of rotatable bonds is 5. The fourth-order valence-corrected chi connectivity index (χ4v) is 0.772. The van der Waals surface area contributed by atoms with Crippen LogP contribution in [0.2, 0.25) is 0 Å². The van der Waals surface area contributed by atoms with Crippen molar-refractivity contribution in [2.75, 3.05) is 13.1 Å². The van der Waals surface area contributed by atoms with E-state index in [1.54, 1.807) is 0 Å². The van der Waals surface area contributed by atoms with Crippen molar-refractivity contribution < 1.29 is 19.5 Å². The highest BCUT2D eigenvalue weighted by Gasteiger charge is 2.10. The SMILES string of the molecule is CC(C)CNC(=O)CCNC(=O)C(=O)O. The summed E-state index contributed by atoms with van der Waals surface area (Å²) in [5, 5.41) is 13.0. The molecule has 3 N–H and O–H groups in total. The van der Waals surface area contributed by atoms with E-state index in [4.69, 9.17) is 5.11 Å². The summed E-state index contributed by atoms with van der Waals surface area (Å²) in [6, 6.07) is 0. The first-order chi connectivity index (χ1) is 6.93. The second kappa shape index (κ2) is 6.80. The molecule has 0 aromatic heterocycles. The number of hydrogen-bond donors (Lipinski definition) is 3. The second-order valence-electron chi connectivity index (χ2n) is 3.51. The lowest BCUT2D eigenvalue weighted by Crippen LogP contribution is -2.35. The van der Waals surface area contributed by atoms with Crippen molar-refractivity contribution in [1.29, 1.82) is 0 Å². The summed E-state index contributed by atoms with van der Waals surface area (Å²) >= 11 is 0. The van der Waals surface area contributed by atoms with Gasteiger partial charge in [0.2, 0.25) is 5.91 Å². The van der Waals surface area contributed by atoms with E-state index in [1.165, 1.54) is 0 Å². The van der Waals surface area contributed by atoms with Crippen molar-refractivity contribution in [2.45, 2.75) is 20.3 Å². The molecule has 0 aliphatic rings. The van der Waals surface area contributed by atoms with E-state index in [0.29, 0.717) is 12.5 Å². The highest BCUT2D eigenvalue weighted by Crippen LogP contribution is 1.87. The fraction of sp³-hybridized carbons (Fsp3) is 0.667. The zero-order valence-electron chi connectivity index (χ0n) is 8.87. The third-order valence-corrected chi connectivity index (χ3v) is 1.54. The van der Waals surface area contributed by atoms with Gasteiger partial charge in [0.05, 0.1) is 0 Å². The number of amides is 2. The molecule has 0 bridgehead atoms. The topological polar surface area (TPSA) is 95.5 Å². The molecule has 0 saturated carbocycles. The van der Waals surface area contributed by atoms with E-state index < -0.39 is 11.9 Å². The van der Waals surface area contributed by atoms with Crippen LogP contribution in [0.5, 0.6) is 0 Å². The predicted octanol–water partition coefficient (Wildman–Crippen LogP) is -0.650. The third kappa shape index (κ3) is 7.48. The summed E-state index contributed by atoms with van der Waals surface area (Å²) in [5.74, 6) is -2.47. The fourth-order valence-electron chi connectivity index (χ4n) is 0.772. The van der Waals surface area contributed by atoms with Crippen molar-refractivity contribution in [3.05, 3.63) is 0 Å². The molecular formula is C9H16N2O4. The van der Waals surface area contributed by atoms with Crippen LogP contribution in [0.3, 0.4) is 0 Å². The minimum atomic E-state index is -1.54. The molecule has 6 nitrogen and oxygen atoms in total. The second-order valence-corrected chi connectivity index (χ2v) is 3.51. The Hall–Kier alpha value is -1.59. The van der Waals surface area contributed by atoms with Gasteiger partial charge in [0, 0.05) is 19.5 Å². The predicted molar refractivity (Wildman–Crippen MR) is 53.1 cm³/mol. The van der Waals surface area contributed by atoms with Crippen molar-refractivity contribution >= 4 is 17.8 Å². The number of nitrogens with one attached hydrogen (secondary N) is 2. The van der Waals surface area contributed by atoms with Crippen LogP contribution < -0.4 is 10.6 Å². The Bertz CT molecular complexity index is 250. The van der Waals surface area contributed by atoms with Crippen LogP contribution >= 0.6 is 0 Å². The van der Waals surface area contributed by atoms with Crippen molar-refractivity contribution in [2.24, 2.45) is 5.92 Å². The monoisotopic (exact) mass is 216 g/mol. The van der Waals surface area contributed by atoms with Gasteiger partial charge in [-0.05, 0) is 5.92 Å². The average molecular weight is 216 g/mol.